The largest absolute Gasteiger partial charge is 0.487 e. The average molecular weight is 255 g/mol. The summed E-state index contributed by atoms with van der Waals surface area (Å²) in [6.45, 7) is 2.40. The Hall–Kier alpha value is -2.29. The molecule has 0 bridgehead atoms. The van der Waals surface area contributed by atoms with Crippen molar-refractivity contribution < 1.29 is 9.13 Å². The van der Waals surface area contributed by atoms with Gasteiger partial charge in [0.25, 0.3) is 0 Å². The van der Waals surface area contributed by atoms with Gasteiger partial charge >= 0.3 is 0 Å². The number of hydrogen-bond donors (Lipinski definition) is 1. The average Bonchev–Trinajstić information content (AvgIpc) is 2.82. The van der Waals surface area contributed by atoms with Crippen LogP contribution in [-0.4, -0.2) is 4.98 Å². The van der Waals surface area contributed by atoms with Crippen LogP contribution in [0.1, 0.15) is 11.3 Å². The number of H-pyrrole nitrogens is 1. The molecule has 0 atom stereocenters. The van der Waals surface area contributed by atoms with Crippen molar-refractivity contribution in [3.8, 4) is 5.75 Å². The summed E-state index contributed by atoms with van der Waals surface area (Å²) < 4.78 is 19.3. The summed E-state index contributed by atoms with van der Waals surface area (Å²) in [5.74, 6) is 0.637. The quantitative estimate of drug-likeness (QED) is 0.745. The summed E-state index contributed by atoms with van der Waals surface area (Å²) in [7, 11) is 0. The number of rotatable bonds is 3. The number of aryl methyl sites for hydroxylation is 1. The van der Waals surface area contributed by atoms with Gasteiger partial charge in [-0.1, -0.05) is 24.3 Å². The van der Waals surface area contributed by atoms with Gasteiger partial charge in [0.05, 0.1) is 5.69 Å². The zero-order valence-electron chi connectivity index (χ0n) is 10.6. The second kappa shape index (κ2) is 4.76. The highest BCUT2D eigenvalue weighted by Crippen LogP contribution is 2.21. The Bertz CT molecular complexity index is 718. The van der Waals surface area contributed by atoms with E-state index in [1.807, 2.05) is 37.3 Å². The summed E-state index contributed by atoms with van der Waals surface area (Å²) in [4.78, 5) is 3.16. The van der Waals surface area contributed by atoms with Gasteiger partial charge in [-0.3, -0.25) is 0 Å². The van der Waals surface area contributed by atoms with E-state index < -0.39 is 0 Å². The van der Waals surface area contributed by atoms with Crippen molar-refractivity contribution in [1.82, 2.24) is 4.98 Å². The van der Waals surface area contributed by atoms with Crippen LogP contribution in [-0.2, 0) is 6.61 Å². The van der Waals surface area contributed by atoms with Gasteiger partial charge in [0.1, 0.15) is 18.2 Å². The molecule has 0 fully saturated rings. The van der Waals surface area contributed by atoms with Crippen LogP contribution in [0.5, 0.6) is 5.75 Å². The number of fused-ring (bicyclic) bond motifs is 1. The van der Waals surface area contributed by atoms with Crippen LogP contribution in [0.4, 0.5) is 4.39 Å². The van der Waals surface area contributed by atoms with Gasteiger partial charge in [-0.15, -0.1) is 0 Å². The Morgan fingerprint density at radius 2 is 1.95 bits per heavy atom. The molecule has 0 radical (unpaired) electrons. The maximum absolute atomic E-state index is 13.6. The van der Waals surface area contributed by atoms with Crippen molar-refractivity contribution in [3.63, 3.8) is 0 Å². The highest BCUT2D eigenvalue weighted by molar-refractivity contribution is 5.80. The zero-order valence-corrected chi connectivity index (χ0v) is 10.6. The topological polar surface area (TPSA) is 25.0 Å². The Balaban J connectivity index is 1.83. The lowest BCUT2D eigenvalue weighted by Crippen LogP contribution is -1.96. The lowest BCUT2D eigenvalue weighted by molar-refractivity contribution is 0.300. The van der Waals surface area contributed by atoms with Gasteiger partial charge in [-0.05, 0) is 36.8 Å². The predicted octanol–water partition coefficient (Wildman–Crippen LogP) is 4.19. The summed E-state index contributed by atoms with van der Waals surface area (Å²) in [6, 6.07) is 14.6. The Morgan fingerprint density at radius 3 is 2.74 bits per heavy atom. The van der Waals surface area contributed by atoms with Crippen LogP contribution in [0.3, 0.4) is 0 Å². The molecule has 0 amide bonds. The van der Waals surface area contributed by atoms with E-state index in [-0.39, 0.29) is 5.82 Å². The molecule has 0 aliphatic heterocycles. The first kappa shape index (κ1) is 11.8. The molecule has 96 valence electrons. The summed E-state index contributed by atoms with van der Waals surface area (Å²) >= 11 is 0. The first-order chi connectivity index (χ1) is 9.24. The smallest absolute Gasteiger partial charge is 0.132 e. The van der Waals surface area contributed by atoms with Crippen LogP contribution in [0.2, 0.25) is 0 Å². The standard InChI is InChI=1S/C16H14FNO/c1-11-5-2-3-8-16(11)19-10-12-9-13-14(17)6-4-7-15(13)18-12/h2-9,18H,10H2,1H3. The van der Waals surface area contributed by atoms with E-state index in [4.69, 9.17) is 4.74 Å². The van der Waals surface area contributed by atoms with Crippen molar-refractivity contribution in [3.05, 3.63) is 65.6 Å². The lowest BCUT2D eigenvalue weighted by atomic mass is 10.2. The number of para-hydroxylation sites is 1. The third-order valence-corrected chi connectivity index (χ3v) is 3.14. The van der Waals surface area contributed by atoms with Crippen LogP contribution < -0.4 is 4.74 Å². The molecule has 1 aromatic heterocycles. The fraction of sp³-hybridized carbons (Fsp3) is 0.125. The maximum Gasteiger partial charge on any atom is 0.132 e. The molecule has 1 heterocycles. The first-order valence-electron chi connectivity index (χ1n) is 6.18. The van der Waals surface area contributed by atoms with E-state index in [0.717, 1.165) is 22.5 Å². The molecule has 0 aliphatic carbocycles. The zero-order chi connectivity index (χ0) is 13.2. The van der Waals surface area contributed by atoms with Crippen LogP contribution in [0.25, 0.3) is 10.9 Å². The predicted molar refractivity (Wildman–Crippen MR) is 73.8 cm³/mol. The molecule has 3 heteroatoms. The highest BCUT2D eigenvalue weighted by Gasteiger charge is 2.06. The normalized spacial score (nSPS) is 10.8. The molecule has 3 rings (SSSR count). The number of nitrogens with one attached hydrogen (secondary N) is 1. The van der Waals surface area contributed by atoms with Crippen LogP contribution in [0, 0.1) is 12.7 Å². The minimum absolute atomic E-state index is 0.212. The van der Waals surface area contributed by atoms with Crippen molar-refractivity contribution in [2.45, 2.75) is 13.5 Å². The Morgan fingerprint density at radius 1 is 1.11 bits per heavy atom. The van der Waals surface area contributed by atoms with Crippen molar-refractivity contribution in [1.29, 1.82) is 0 Å². The Kier molecular flexibility index (Phi) is 2.95. The van der Waals surface area contributed by atoms with Gasteiger partial charge in [0, 0.05) is 10.9 Å². The van der Waals surface area contributed by atoms with E-state index in [1.54, 1.807) is 12.1 Å². The van der Waals surface area contributed by atoms with E-state index >= 15 is 0 Å². The molecule has 2 nitrogen and oxygen atoms in total. The van der Waals surface area contributed by atoms with Gasteiger partial charge < -0.3 is 9.72 Å². The monoisotopic (exact) mass is 255 g/mol. The number of hydrogen-bond acceptors (Lipinski definition) is 1. The number of benzene rings is 2. The third kappa shape index (κ3) is 2.32. The minimum Gasteiger partial charge on any atom is -0.487 e. The maximum atomic E-state index is 13.6. The number of aromatic amines is 1. The molecule has 0 saturated carbocycles. The van der Waals surface area contributed by atoms with Crippen LogP contribution in [0.15, 0.2) is 48.5 Å². The third-order valence-electron chi connectivity index (χ3n) is 3.14. The van der Waals surface area contributed by atoms with Gasteiger partial charge in [0.15, 0.2) is 0 Å². The molecule has 2 aromatic carbocycles. The molecule has 0 spiro atoms. The van der Waals surface area contributed by atoms with Crippen molar-refractivity contribution >= 4 is 10.9 Å². The molecular formula is C16H14FNO. The summed E-state index contributed by atoms with van der Waals surface area (Å²) in [6.07, 6.45) is 0. The summed E-state index contributed by atoms with van der Waals surface area (Å²) in [5, 5.41) is 0.603. The van der Waals surface area contributed by atoms with Crippen molar-refractivity contribution in [2.75, 3.05) is 0 Å². The SMILES string of the molecule is Cc1ccccc1OCc1cc2c(F)cccc2[nH]1. The van der Waals surface area contributed by atoms with Gasteiger partial charge in [0.2, 0.25) is 0 Å². The Labute approximate surface area is 110 Å². The van der Waals surface area contributed by atoms with Crippen LogP contribution >= 0.6 is 0 Å². The molecule has 3 aromatic rings. The molecular weight excluding hydrogens is 241 g/mol. The fourth-order valence-electron chi connectivity index (χ4n) is 2.13. The summed E-state index contributed by atoms with van der Waals surface area (Å²) in [5.41, 5.74) is 2.75. The first-order valence-corrected chi connectivity index (χ1v) is 6.18. The van der Waals surface area contributed by atoms with E-state index in [9.17, 15) is 4.39 Å². The fourth-order valence-corrected chi connectivity index (χ4v) is 2.13. The molecule has 1 N–H and O–H groups in total. The second-order valence-electron chi connectivity index (χ2n) is 4.55. The highest BCUT2D eigenvalue weighted by atomic mass is 19.1. The minimum atomic E-state index is -0.212. The number of ether oxygens (including phenoxy) is 1. The molecule has 0 aliphatic rings. The lowest BCUT2D eigenvalue weighted by Gasteiger charge is -2.07. The molecule has 19 heavy (non-hydrogen) atoms. The van der Waals surface area contributed by atoms with E-state index in [0.29, 0.717) is 12.0 Å². The van der Waals surface area contributed by atoms with Gasteiger partial charge in [-0.25, -0.2) is 4.39 Å². The number of aromatic nitrogens is 1. The van der Waals surface area contributed by atoms with Gasteiger partial charge in [-0.2, -0.15) is 0 Å². The molecule has 0 unspecified atom stereocenters. The van der Waals surface area contributed by atoms with E-state index in [1.165, 1.54) is 6.07 Å². The van der Waals surface area contributed by atoms with E-state index in [2.05, 4.69) is 4.98 Å². The number of halogens is 1. The second-order valence-corrected chi connectivity index (χ2v) is 4.55. The van der Waals surface area contributed by atoms with Crippen molar-refractivity contribution in [2.24, 2.45) is 0 Å². The molecule has 0 saturated heterocycles.